The van der Waals surface area contributed by atoms with Gasteiger partial charge in [-0.05, 0) is 26.7 Å². The number of quaternary nitrogens is 1. The molecule has 0 unspecified atom stereocenters. The van der Waals surface area contributed by atoms with Crippen LogP contribution in [0.15, 0.2) is 0 Å². The first-order chi connectivity index (χ1) is 11.2. The van der Waals surface area contributed by atoms with E-state index in [0.29, 0.717) is 0 Å². The van der Waals surface area contributed by atoms with E-state index in [9.17, 15) is 0 Å². The molecule has 0 saturated carbocycles. The van der Waals surface area contributed by atoms with Gasteiger partial charge in [0.1, 0.15) is 0 Å². The molecule has 1 nitrogen and oxygen atoms in total. The third-order valence-corrected chi connectivity index (χ3v) is 6.26. The zero-order valence-electron chi connectivity index (χ0n) is 16.8. The molecule has 1 heterocycles. The molecule has 1 rings (SSSR count). The van der Waals surface area contributed by atoms with Gasteiger partial charge in [0.15, 0.2) is 0 Å². The van der Waals surface area contributed by atoms with Crippen LogP contribution in [0.1, 0.15) is 117 Å². The van der Waals surface area contributed by atoms with Gasteiger partial charge in [0, 0.05) is 12.8 Å². The Labute approximate surface area is 147 Å². The van der Waals surface area contributed by atoms with Crippen molar-refractivity contribution in [2.75, 3.05) is 19.6 Å². The van der Waals surface area contributed by atoms with Crippen LogP contribution in [-0.2, 0) is 0 Å². The van der Waals surface area contributed by atoms with Crippen LogP contribution >= 0.6 is 0 Å². The predicted octanol–water partition coefficient (Wildman–Crippen LogP) is 7.10. The molecule has 0 amide bonds. The second-order valence-electron chi connectivity index (χ2n) is 8.43. The van der Waals surface area contributed by atoms with E-state index in [0.717, 1.165) is 6.04 Å². The lowest BCUT2D eigenvalue weighted by Crippen LogP contribution is -2.51. The number of hydrogen-bond acceptors (Lipinski definition) is 0. The average molecular weight is 325 g/mol. The van der Waals surface area contributed by atoms with Crippen molar-refractivity contribution in [1.29, 1.82) is 0 Å². The van der Waals surface area contributed by atoms with Crippen molar-refractivity contribution in [3.63, 3.8) is 0 Å². The second kappa shape index (κ2) is 13.3. The lowest BCUT2D eigenvalue weighted by atomic mass is 10.0. The van der Waals surface area contributed by atoms with Crippen LogP contribution in [0.3, 0.4) is 0 Å². The Morgan fingerprint density at radius 2 is 1.00 bits per heavy atom. The van der Waals surface area contributed by atoms with Crippen molar-refractivity contribution >= 4 is 0 Å². The van der Waals surface area contributed by atoms with Gasteiger partial charge in [-0.15, -0.1) is 0 Å². The van der Waals surface area contributed by atoms with Gasteiger partial charge < -0.3 is 4.48 Å². The van der Waals surface area contributed by atoms with Crippen molar-refractivity contribution in [3.8, 4) is 0 Å². The number of rotatable bonds is 15. The van der Waals surface area contributed by atoms with E-state index < -0.39 is 0 Å². The Hall–Kier alpha value is -0.0400. The van der Waals surface area contributed by atoms with Crippen molar-refractivity contribution in [3.05, 3.63) is 0 Å². The molecule has 0 bridgehead atoms. The summed E-state index contributed by atoms with van der Waals surface area (Å²) in [4.78, 5) is 0. The SMILES string of the molecule is CCCCCCCCCCCCCCC[N+]1(C(C)C)CCCC1. The Kier molecular flexibility index (Phi) is 12.1. The number of hydrogen-bond donors (Lipinski definition) is 0. The minimum absolute atomic E-state index is 0.842. The lowest BCUT2D eigenvalue weighted by molar-refractivity contribution is -0.937. The smallest absolute Gasteiger partial charge is 0.0833 e. The van der Waals surface area contributed by atoms with E-state index in [1.807, 2.05) is 0 Å². The van der Waals surface area contributed by atoms with Gasteiger partial charge in [0.25, 0.3) is 0 Å². The number of likely N-dealkylation sites (tertiary alicyclic amines) is 1. The third-order valence-electron chi connectivity index (χ3n) is 6.26. The predicted molar refractivity (Wildman–Crippen MR) is 105 cm³/mol. The maximum Gasteiger partial charge on any atom is 0.0833 e. The molecule has 0 atom stereocenters. The first-order valence-electron chi connectivity index (χ1n) is 11.1. The van der Waals surface area contributed by atoms with Gasteiger partial charge in [-0.3, -0.25) is 0 Å². The molecule has 1 aliphatic rings. The summed E-state index contributed by atoms with van der Waals surface area (Å²) in [7, 11) is 0. The second-order valence-corrected chi connectivity index (χ2v) is 8.43. The summed E-state index contributed by atoms with van der Waals surface area (Å²) in [6.45, 7) is 11.5. The van der Waals surface area contributed by atoms with Crippen LogP contribution in [0.4, 0.5) is 0 Å². The molecule has 0 radical (unpaired) electrons. The Morgan fingerprint density at radius 1 is 0.609 bits per heavy atom. The topological polar surface area (TPSA) is 0 Å². The molecule has 0 aromatic rings. The van der Waals surface area contributed by atoms with Crippen molar-refractivity contribution in [1.82, 2.24) is 0 Å². The van der Waals surface area contributed by atoms with Gasteiger partial charge >= 0.3 is 0 Å². The monoisotopic (exact) mass is 324 g/mol. The Bertz CT molecular complexity index is 253. The third kappa shape index (κ3) is 9.13. The maximum absolute atomic E-state index is 2.44. The average Bonchev–Trinajstić information content (AvgIpc) is 3.02. The molecule has 1 heteroatoms. The van der Waals surface area contributed by atoms with E-state index in [2.05, 4.69) is 20.8 Å². The summed E-state index contributed by atoms with van der Waals surface area (Å²) in [5.41, 5.74) is 0. The summed E-state index contributed by atoms with van der Waals surface area (Å²) < 4.78 is 1.43. The maximum atomic E-state index is 2.44. The van der Waals surface area contributed by atoms with E-state index >= 15 is 0 Å². The van der Waals surface area contributed by atoms with Crippen LogP contribution in [-0.4, -0.2) is 30.2 Å². The molecular formula is C22H46N+. The van der Waals surface area contributed by atoms with Gasteiger partial charge in [-0.25, -0.2) is 0 Å². The van der Waals surface area contributed by atoms with Crippen LogP contribution in [0.2, 0.25) is 0 Å². The summed E-state index contributed by atoms with van der Waals surface area (Å²) in [5.74, 6) is 0. The molecule has 1 aliphatic heterocycles. The highest BCUT2D eigenvalue weighted by Gasteiger charge is 2.33. The summed E-state index contributed by atoms with van der Waals surface area (Å²) in [6, 6.07) is 0.842. The first-order valence-corrected chi connectivity index (χ1v) is 11.1. The van der Waals surface area contributed by atoms with E-state index in [4.69, 9.17) is 0 Å². The summed E-state index contributed by atoms with van der Waals surface area (Å²) >= 11 is 0. The van der Waals surface area contributed by atoms with Crippen LogP contribution in [0.25, 0.3) is 0 Å². The molecule has 23 heavy (non-hydrogen) atoms. The fraction of sp³-hybridized carbons (Fsp3) is 1.00. The van der Waals surface area contributed by atoms with Crippen LogP contribution in [0.5, 0.6) is 0 Å². The molecule has 1 saturated heterocycles. The Morgan fingerprint density at radius 3 is 1.39 bits per heavy atom. The minimum atomic E-state index is 0.842. The van der Waals surface area contributed by atoms with E-state index in [1.54, 1.807) is 0 Å². The molecule has 1 fully saturated rings. The molecule has 0 aromatic carbocycles. The quantitative estimate of drug-likeness (QED) is 0.223. The van der Waals surface area contributed by atoms with Gasteiger partial charge in [-0.1, -0.05) is 77.6 Å². The number of nitrogens with zero attached hydrogens (tertiary/aromatic N) is 1. The molecule has 0 spiro atoms. The highest BCUT2D eigenvalue weighted by atomic mass is 15.4. The molecule has 0 N–H and O–H groups in total. The first kappa shape index (κ1) is 21.0. The zero-order valence-corrected chi connectivity index (χ0v) is 16.8. The molecule has 0 aliphatic carbocycles. The van der Waals surface area contributed by atoms with Crippen LogP contribution in [0, 0.1) is 0 Å². The van der Waals surface area contributed by atoms with E-state index in [-0.39, 0.29) is 0 Å². The normalized spacial score (nSPS) is 17.2. The van der Waals surface area contributed by atoms with Gasteiger partial charge in [-0.2, -0.15) is 0 Å². The fourth-order valence-electron chi connectivity index (χ4n) is 4.41. The lowest BCUT2D eigenvalue weighted by Gasteiger charge is -2.38. The van der Waals surface area contributed by atoms with Crippen molar-refractivity contribution in [2.24, 2.45) is 0 Å². The highest BCUT2D eigenvalue weighted by Crippen LogP contribution is 2.25. The summed E-state index contributed by atoms with van der Waals surface area (Å²) in [5, 5.41) is 0. The zero-order chi connectivity index (χ0) is 16.8. The fourth-order valence-corrected chi connectivity index (χ4v) is 4.41. The largest absolute Gasteiger partial charge is 0.322 e. The van der Waals surface area contributed by atoms with Gasteiger partial charge in [0.05, 0.1) is 25.7 Å². The molecule has 138 valence electrons. The molecule has 0 aromatic heterocycles. The summed E-state index contributed by atoms with van der Waals surface area (Å²) in [6.07, 6.45) is 22.0. The van der Waals surface area contributed by atoms with E-state index in [1.165, 1.54) is 120 Å². The van der Waals surface area contributed by atoms with Crippen LogP contribution < -0.4 is 0 Å². The Balaban J connectivity index is 1.84. The standard InChI is InChI=1S/C22H46N/c1-4-5-6-7-8-9-10-11-12-13-14-15-16-19-23(22(2)3)20-17-18-21-23/h22H,4-21H2,1-3H3/q+1. The minimum Gasteiger partial charge on any atom is -0.322 e. The van der Waals surface area contributed by atoms with Gasteiger partial charge in [0.2, 0.25) is 0 Å². The number of unbranched alkanes of at least 4 members (excludes halogenated alkanes) is 12. The highest BCUT2D eigenvalue weighted by molar-refractivity contribution is 4.59. The van der Waals surface area contributed by atoms with Crippen molar-refractivity contribution in [2.45, 2.75) is 123 Å². The molecular weight excluding hydrogens is 278 g/mol. The van der Waals surface area contributed by atoms with Crippen molar-refractivity contribution < 1.29 is 4.48 Å².